The summed E-state index contributed by atoms with van der Waals surface area (Å²) in [7, 11) is 1.97. The summed E-state index contributed by atoms with van der Waals surface area (Å²) >= 11 is 0. The SMILES string of the molecule is Cn1ncc2c1CCCC2NC(=O)C1Cc2ccccc2CN1. The summed E-state index contributed by atoms with van der Waals surface area (Å²) in [6.07, 6.45) is 5.80. The monoisotopic (exact) mass is 310 g/mol. The lowest BCUT2D eigenvalue weighted by molar-refractivity contribution is -0.124. The molecule has 1 aliphatic carbocycles. The Bertz CT molecular complexity index is 736. The van der Waals surface area contributed by atoms with Crippen molar-refractivity contribution in [2.45, 2.75) is 44.3 Å². The molecule has 0 saturated heterocycles. The number of amides is 1. The van der Waals surface area contributed by atoms with E-state index in [0.717, 1.165) is 32.2 Å². The quantitative estimate of drug-likeness (QED) is 0.886. The number of aryl methyl sites for hydroxylation is 1. The van der Waals surface area contributed by atoms with Crippen LogP contribution in [0.15, 0.2) is 30.5 Å². The van der Waals surface area contributed by atoms with Crippen molar-refractivity contribution in [2.24, 2.45) is 7.05 Å². The highest BCUT2D eigenvalue weighted by Gasteiger charge is 2.29. The molecule has 0 fully saturated rings. The van der Waals surface area contributed by atoms with E-state index in [1.54, 1.807) is 0 Å². The fourth-order valence-electron chi connectivity index (χ4n) is 3.77. The van der Waals surface area contributed by atoms with Gasteiger partial charge in [0.15, 0.2) is 0 Å². The number of nitrogens with one attached hydrogen (secondary N) is 2. The molecule has 2 unspecified atom stereocenters. The predicted octanol–water partition coefficient (Wildman–Crippen LogP) is 1.63. The lowest BCUT2D eigenvalue weighted by Crippen LogP contribution is -2.48. The van der Waals surface area contributed by atoms with E-state index in [4.69, 9.17) is 0 Å². The number of carbonyl (C=O) groups excluding carboxylic acids is 1. The van der Waals surface area contributed by atoms with Crippen LogP contribution in [0.4, 0.5) is 0 Å². The van der Waals surface area contributed by atoms with Crippen LogP contribution in [-0.2, 0) is 31.2 Å². The van der Waals surface area contributed by atoms with Crippen molar-refractivity contribution in [3.05, 3.63) is 52.8 Å². The second-order valence-electron chi connectivity index (χ2n) is 6.53. The highest BCUT2D eigenvalue weighted by Crippen LogP contribution is 2.29. The first-order valence-electron chi connectivity index (χ1n) is 8.33. The molecule has 2 heterocycles. The van der Waals surface area contributed by atoms with E-state index in [0.29, 0.717) is 0 Å². The molecule has 0 radical (unpaired) electrons. The maximum absolute atomic E-state index is 12.7. The van der Waals surface area contributed by atoms with Crippen LogP contribution in [0.25, 0.3) is 0 Å². The Kier molecular flexibility index (Phi) is 3.65. The standard InChI is InChI=1S/C18H22N4O/c1-22-17-8-4-7-15(14(17)11-20-22)21-18(23)16-9-12-5-2-3-6-13(12)10-19-16/h2-3,5-6,11,15-16,19H,4,7-10H2,1H3,(H,21,23). The summed E-state index contributed by atoms with van der Waals surface area (Å²) in [5.41, 5.74) is 5.01. The van der Waals surface area contributed by atoms with Gasteiger partial charge in [-0.05, 0) is 36.8 Å². The molecular weight excluding hydrogens is 288 g/mol. The molecule has 5 heteroatoms. The van der Waals surface area contributed by atoms with Gasteiger partial charge in [-0.2, -0.15) is 5.10 Å². The number of rotatable bonds is 2. The smallest absolute Gasteiger partial charge is 0.237 e. The molecule has 1 aliphatic heterocycles. The maximum Gasteiger partial charge on any atom is 0.237 e. The molecule has 1 amide bonds. The number of benzene rings is 1. The maximum atomic E-state index is 12.7. The number of hydrogen-bond acceptors (Lipinski definition) is 3. The summed E-state index contributed by atoms with van der Waals surface area (Å²) in [6.45, 7) is 0.761. The Hall–Kier alpha value is -2.14. The second kappa shape index (κ2) is 5.81. The fourth-order valence-corrected chi connectivity index (χ4v) is 3.77. The van der Waals surface area contributed by atoms with Crippen molar-refractivity contribution in [3.63, 3.8) is 0 Å². The zero-order valence-electron chi connectivity index (χ0n) is 13.4. The van der Waals surface area contributed by atoms with E-state index in [9.17, 15) is 4.79 Å². The van der Waals surface area contributed by atoms with Crippen molar-refractivity contribution in [1.82, 2.24) is 20.4 Å². The van der Waals surface area contributed by atoms with Gasteiger partial charge in [-0.15, -0.1) is 0 Å². The van der Waals surface area contributed by atoms with Crippen molar-refractivity contribution in [2.75, 3.05) is 0 Å². The van der Waals surface area contributed by atoms with Crippen LogP contribution in [0.2, 0.25) is 0 Å². The molecule has 0 spiro atoms. The number of nitrogens with zero attached hydrogens (tertiary/aromatic N) is 2. The first-order valence-corrected chi connectivity index (χ1v) is 8.33. The average molecular weight is 310 g/mol. The van der Waals surface area contributed by atoms with Gasteiger partial charge < -0.3 is 10.6 Å². The Labute approximate surface area is 136 Å². The first kappa shape index (κ1) is 14.5. The van der Waals surface area contributed by atoms with E-state index in [1.807, 2.05) is 30.1 Å². The molecule has 0 bridgehead atoms. The molecule has 2 atom stereocenters. The lowest BCUT2D eigenvalue weighted by Gasteiger charge is -2.29. The number of carbonyl (C=O) groups is 1. The molecular formula is C18H22N4O. The van der Waals surface area contributed by atoms with Gasteiger partial charge in [0.25, 0.3) is 0 Å². The van der Waals surface area contributed by atoms with Crippen molar-refractivity contribution < 1.29 is 4.79 Å². The van der Waals surface area contributed by atoms with Gasteiger partial charge >= 0.3 is 0 Å². The largest absolute Gasteiger partial charge is 0.348 e. The van der Waals surface area contributed by atoms with Crippen molar-refractivity contribution in [3.8, 4) is 0 Å². The van der Waals surface area contributed by atoms with Crippen molar-refractivity contribution >= 4 is 5.91 Å². The molecule has 0 saturated carbocycles. The Balaban J connectivity index is 1.47. The van der Waals surface area contributed by atoms with Crippen LogP contribution in [0.3, 0.4) is 0 Å². The third-order valence-corrected chi connectivity index (χ3v) is 5.09. The molecule has 5 nitrogen and oxygen atoms in total. The number of fused-ring (bicyclic) bond motifs is 2. The zero-order valence-corrected chi connectivity index (χ0v) is 13.4. The van der Waals surface area contributed by atoms with E-state index >= 15 is 0 Å². The molecule has 1 aromatic heterocycles. The molecule has 120 valence electrons. The molecule has 4 rings (SSSR count). The summed E-state index contributed by atoms with van der Waals surface area (Å²) in [4.78, 5) is 12.7. The van der Waals surface area contributed by atoms with Gasteiger partial charge in [-0.3, -0.25) is 9.48 Å². The van der Waals surface area contributed by atoms with Gasteiger partial charge in [0.2, 0.25) is 5.91 Å². The normalized spacial score (nSPS) is 23.0. The van der Waals surface area contributed by atoms with E-state index in [1.165, 1.54) is 22.4 Å². The summed E-state index contributed by atoms with van der Waals surface area (Å²) in [6, 6.07) is 8.29. The first-order chi connectivity index (χ1) is 11.2. The minimum Gasteiger partial charge on any atom is -0.348 e. The third-order valence-electron chi connectivity index (χ3n) is 5.09. The number of hydrogen-bond donors (Lipinski definition) is 2. The third kappa shape index (κ3) is 2.65. The minimum absolute atomic E-state index is 0.0962. The lowest BCUT2D eigenvalue weighted by atomic mass is 9.91. The Morgan fingerprint density at radius 2 is 2.17 bits per heavy atom. The highest BCUT2D eigenvalue weighted by atomic mass is 16.2. The molecule has 1 aromatic carbocycles. The van der Waals surface area contributed by atoms with Crippen LogP contribution in [0.1, 0.15) is 41.3 Å². The van der Waals surface area contributed by atoms with Gasteiger partial charge in [-0.25, -0.2) is 0 Å². The zero-order chi connectivity index (χ0) is 15.8. The van der Waals surface area contributed by atoms with E-state index in [2.05, 4.69) is 27.9 Å². The molecule has 23 heavy (non-hydrogen) atoms. The topological polar surface area (TPSA) is 59.0 Å². The van der Waals surface area contributed by atoms with Crippen LogP contribution in [0, 0.1) is 0 Å². The summed E-state index contributed by atoms with van der Waals surface area (Å²) < 4.78 is 1.93. The van der Waals surface area contributed by atoms with Crippen LogP contribution < -0.4 is 10.6 Å². The Morgan fingerprint density at radius 1 is 1.35 bits per heavy atom. The minimum atomic E-state index is -0.146. The number of aromatic nitrogens is 2. The molecule has 2 aromatic rings. The average Bonchev–Trinajstić information content (AvgIpc) is 2.97. The van der Waals surface area contributed by atoms with Crippen LogP contribution in [0.5, 0.6) is 0 Å². The van der Waals surface area contributed by atoms with Crippen molar-refractivity contribution in [1.29, 1.82) is 0 Å². The van der Waals surface area contributed by atoms with E-state index < -0.39 is 0 Å². The molecule has 2 aliphatic rings. The molecule has 2 N–H and O–H groups in total. The van der Waals surface area contributed by atoms with Gasteiger partial charge in [0.1, 0.15) is 0 Å². The van der Waals surface area contributed by atoms with Gasteiger partial charge in [0, 0.05) is 24.8 Å². The van der Waals surface area contributed by atoms with E-state index in [-0.39, 0.29) is 18.0 Å². The van der Waals surface area contributed by atoms with Crippen LogP contribution in [-0.4, -0.2) is 21.7 Å². The summed E-state index contributed by atoms with van der Waals surface area (Å²) in [5, 5.41) is 10.9. The van der Waals surface area contributed by atoms with Crippen LogP contribution >= 0.6 is 0 Å². The highest BCUT2D eigenvalue weighted by molar-refractivity contribution is 5.83. The van der Waals surface area contributed by atoms with Gasteiger partial charge in [0.05, 0.1) is 18.3 Å². The van der Waals surface area contributed by atoms with Gasteiger partial charge in [-0.1, -0.05) is 24.3 Å². The second-order valence-corrected chi connectivity index (χ2v) is 6.53. The fraction of sp³-hybridized carbons (Fsp3) is 0.444. The summed E-state index contributed by atoms with van der Waals surface area (Å²) in [5.74, 6) is 0.0983. The predicted molar refractivity (Wildman–Crippen MR) is 87.8 cm³/mol. The Morgan fingerprint density at radius 3 is 3.04 bits per heavy atom.